The first kappa shape index (κ1) is 12.0. The predicted molar refractivity (Wildman–Crippen MR) is 75.3 cm³/mol. The summed E-state index contributed by atoms with van der Waals surface area (Å²) in [7, 11) is 0. The van der Waals surface area contributed by atoms with Crippen molar-refractivity contribution in [2.75, 3.05) is 11.9 Å². The van der Waals surface area contributed by atoms with Gasteiger partial charge in [-0.2, -0.15) is 0 Å². The summed E-state index contributed by atoms with van der Waals surface area (Å²) in [5.74, 6) is 1.60. The molecule has 1 aliphatic rings. The Hall–Kier alpha value is -2.10. The Kier molecular flexibility index (Phi) is 3.31. The second kappa shape index (κ2) is 5.26. The molecule has 19 heavy (non-hydrogen) atoms. The second-order valence-electron chi connectivity index (χ2n) is 4.64. The molecule has 1 N–H and O–H groups in total. The molecule has 98 valence electrons. The quantitative estimate of drug-likeness (QED) is 0.891. The van der Waals surface area contributed by atoms with Crippen LogP contribution in [-0.4, -0.2) is 22.6 Å². The van der Waals surface area contributed by atoms with Gasteiger partial charge in [0.05, 0.1) is 11.8 Å². The number of rotatable bonds is 5. The number of hydrogen-bond acceptors (Lipinski definition) is 4. The zero-order chi connectivity index (χ0) is 13.1. The molecule has 1 aromatic carbocycles. The Labute approximate surface area is 112 Å². The van der Waals surface area contributed by atoms with E-state index in [0.29, 0.717) is 12.1 Å². The molecule has 2 aromatic rings. The minimum absolute atomic E-state index is 0.435. The van der Waals surface area contributed by atoms with Crippen LogP contribution >= 0.6 is 0 Å². The van der Waals surface area contributed by atoms with Crippen LogP contribution in [-0.2, 0) is 0 Å². The fraction of sp³-hybridized carbons (Fsp3) is 0.333. The molecule has 0 radical (unpaired) electrons. The van der Waals surface area contributed by atoms with Crippen LogP contribution in [0.5, 0.6) is 5.75 Å². The van der Waals surface area contributed by atoms with Gasteiger partial charge in [0, 0.05) is 18.3 Å². The normalized spacial score (nSPS) is 14.2. The zero-order valence-corrected chi connectivity index (χ0v) is 11.0. The maximum Gasteiger partial charge on any atom is 0.223 e. The van der Waals surface area contributed by atoms with Crippen LogP contribution < -0.4 is 10.1 Å². The molecule has 1 aliphatic carbocycles. The Morgan fingerprint density at radius 2 is 2.00 bits per heavy atom. The molecule has 1 heterocycles. The Morgan fingerprint density at radius 1 is 1.21 bits per heavy atom. The van der Waals surface area contributed by atoms with E-state index in [1.807, 2.05) is 37.3 Å². The van der Waals surface area contributed by atoms with Gasteiger partial charge < -0.3 is 10.1 Å². The third-order valence-corrected chi connectivity index (χ3v) is 2.97. The smallest absolute Gasteiger partial charge is 0.223 e. The molecule has 1 aromatic heterocycles. The number of hydrogen-bond donors (Lipinski definition) is 1. The van der Waals surface area contributed by atoms with Crippen molar-refractivity contribution in [2.24, 2.45) is 0 Å². The summed E-state index contributed by atoms with van der Waals surface area (Å²) >= 11 is 0. The van der Waals surface area contributed by atoms with E-state index >= 15 is 0 Å². The van der Waals surface area contributed by atoms with Crippen LogP contribution in [0.2, 0.25) is 0 Å². The number of ether oxygens (including phenoxy) is 1. The SMILES string of the molecule is CCNc1nccc(-c2ccc(OC3CC3)cc2)n1. The first-order valence-electron chi connectivity index (χ1n) is 6.69. The molecule has 1 saturated carbocycles. The van der Waals surface area contributed by atoms with E-state index in [9.17, 15) is 0 Å². The predicted octanol–water partition coefficient (Wildman–Crippen LogP) is 3.12. The average Bonchev–Trinajstić information content (AvgIpc) is 3.24. The van der Waals surface area contributed by atoms with Gasteiger partial charge in [-0.05, 0) is 50.1 Å². The molecule has 0 bridgehead atoms. The first-order chi connectivity index (χ1) is 9.35. The molecule has 4 heteroatoms. The zero-order valence-electron chi connectivity index (χ0n) is 11.0. The lowest BCUT2D eigenvalue weighted by atomic mass is 10.1. The van der Waals surface area contributed by atoms with Gasteiger partial charge in [-0.25, -0.2) is 9.97 Å². The standard InChI is InChI=1S/C15H17N3O/c1-2-16-15-17-10-9-14(18-15)11-3-5-12(6-4-11)19-13-7-8-13/h3-6,9-10,13H,2,7-8H2,1H3,(H,16,17,18). The summed E-state index contributed by atoms with van der Waals surface area (Å²) < 4.78 is 5.73. The Balaban J connectivity index is 1.78. The average molecular weight is 255 g/mol. The van der Waals surface area contributed by atoms with E-state index < -0.39 is 0 Å². The van der Waals surface area contributed by atoms with Gasteiger partial charge >= 0.3 is 0 Å². The highest BCUT2D eigenvalue weighted by atomic mass is 16.5. The highest BCUT2D eigenvalue weighted by molar-refractivity contribution is 5.60. The second-order valence-corrected chi connectivity index (χ2v) is 4.64. The maximum atomic E-state index is 5.73. The minimum Gasteiger partial charge on any atom is -0.490 e. The van der Waals surface area contributed by atoms with Gasteiger partial charge in [0.25, 0.3) is 0 Å². The van der Waals surface area contributed by atoms with Gasteiger partial charge in [0.2, 0.25) is 5.95 Å². The molecule has 0 saturated heterocycles. The van der Waals surface area contributed by atoms with Crippen LogP contribution in [0.4, 0.5) is 5.95 Å². The summed E-state index contributed by atoms with van der Waals surface area (Å²) in [5.41, 5.74) is 1.99. The number of nitrogens with zero attached hydrogens (tertiary/aromatic N) is 2. The third kappa shape index (κ3) is 3.02. The monoisotopic (exact) mass is 255 g/mol. The van der Waals surface area contributed by atoms with Crippen molar-refractivity contribution < 1.29 is 4.74 Å². The molecule has 0 amide bonds. The molecule has 1 fully saturated rings. The lowest BCUT2D eigenvalue weighted by Crippen LogP contribution is -2.02. The van der Waals surface area contributed by atoms with E-state index in [4.69, 9.17) is 4.74 Å². The Bertz CT molecular complexity index is 550. The maximum absolute atomic E-state index is 5.73. The van der Waals surface area contributed by atoms with Crippen molar-refractivity contribution in [1.29, 1.82) is 0 Å². The first-order valence-corrected chi connectivity index (χ1v) is 6.69. The van der Waals surface area contributed by atoms with Gasteiger partial charge in [0.1, 0.15) is 5.75 Å². The minimum atomic E-state index is 0.435. The van der Waals surface area contributed by atoms with E-state index in [1.165, 1.54) is 12.8 Å². The van der Waals surface area contributed by atoms with E-state index in [0.717, 1.165) is 23.6 Å². The fourth-order valence-corrected chi connectivity index (χ4v) is 1.85. The molecular formula is C15H17N3O. The fourth-order valence-electron chi connectivity index (χ4n) is 1.85. The Morgan fingerprint density at radius 3 is 2.68 bits per heavy atom. The molecule has 0 atom stereocenters. The van der Waals surface area contributed by atoms with Crippen molar-refractivity contribution in [3.8, 4) is 17.0 Å². The number of nitrogens with one attached hydrogen (secondary N) is 1. The van der Waals surface area contributed by atoms with Crippen molar-refractivity contribution >= 4 is 5.95 Å². The summed E-state index contributed by atoms with van der Waals surface area (Å²) in [4.78, 5) is 8.65. The highest BCUT2D eigenvalue weighted by Gasteiger charge is 2.23. The number of anilines is 1. The molecule has 3 rings (SSSR count). The number of aromatic nitrogens is 2. The summed E-state index contributed by atoms with van der Waals surface area (Å²) in [6.45, 7) is 2.84. The van der Waals surface area contributed by atoms with Gasteiger partial charge in [-0.15, -0.1) is 0 Å². The summed E-state index contributed by atoms with van der Waals surface area (Å²) in [6, 6.07) is 9.99. The van der Waals surface area contributed by atoms with Crippen molar-refractivity contribution in [3.05, 3.63) is 36.5 Å². The highest BCUT2D eigenvalue weighted by Crippen LogP contribution is 2.28. The molecule has 0 aliphatic heterocycles. The van der Waals surface area contributed by atoms with Crippen LogP contribution in [0.1, 0.15) is 19.8 Å². The summed E-state index contributed by atoms with van der Waals surface area (Å²) in [6.07, 6.45) is 4.57. The molecular weight excluding hydrogens is 238 g/mol. The lowest BCUT2D eigenvalue weighted by Gasteiger charge is -2.07. The molecule has 0 unspecified atom stereocenters. The van der Waals surface area contributed by atoms with Gasteiger partial charge in [0.15, 0.2) is 0 Å². The van der Waals surface area contributed by atoms with Crippen molar-refractivity contribution in [1.82, 2.24) is 9.97 Å². The molecule has 4 nitrogen and oxygen atoms in total. The van der Waals surface area contributed by atoms with Crippen LogP contribution in [0, 0.1) is 0 Å². The summed E-state index contributed by atoms with van der Waals surface area (Å²) in [5, 5.41) is 3.12. The van der Waals surface area contributed by atoms with E-state index in [-0.39, 0.29) is 0 Å². The van der Waals surface area contributed by atoms with E-state index in [1.54, 1.807) is 6.20 Å². The van der Waals surface area contributed by atoms with Crippen molar-refractivity contribution in [3.63, 3.8) is 0 Å². The van der Waals surface area contributed by atoms with E-state index in [2.05, 4.69) is 15.3 Å². The lowest BCUT2D eigenvalue weighted by molar-refractivity contribution is 0.303. The largest absolute Gasteiger partial charge is 0.490 e. The topological polar surface area (TPSA) is 47.0 Å². The van der Waals surface area contributed by atoms with Gasteiger partial charge in [-0.1, -0.05) is 0 Å². The van der Waals surface area contributed by atoms with Crippen LogP contribution in [0.15, 0.2) is 36.5 Å². The molecule has 0 spiro atoms. The van der Waals surface area contributed by atoms with Crippen LogP contribution in [0.25, 0.3) is 11.3 Å². The van der Waals surface area contributed by atoms with Gasteiger partial charge in [-0.3, -0.25) is 0 Å². The van der Waals surface area contributed by atoms with Crippen LogP contribution in [0.3, 0.4) is 0 Å². The third-order valence-electron chi connectivity index (χ3n) is 2.97. The number of benzene rings is 1. The van der Waals surface area contributed by atoms with Crippen molar-refractivity contribution in [2.45, 2.75) is 25.9 Å².